The molecule has 0 heterocycles. The molecule has 0 atom stereocenters. The molecule has 0 aliphatic carbocycles. The molecule has 5 heteroatoms. The fourth-order valence-corrected chi connectivity index (χ4v) is 2.15. The molecule has 0 fully saturated rings. The number of carbonyl (C=O) groups is 1. The van der Waals surface area contributed by atoms with Gasteiger partial charge in [-0.05, 0) is 58.2 Å². The van der Waals surface area contributed by atoms with Crippen molar-refractivity contribution in [2.24, 2.45) is 0 Å². The van der Waals surface area contributed by atoms with Crippen LogP contribution >= 0.6 is 15.9 Å². The molecule has 2 aromatic rings. The van der Waals surface area contributed by atoms with Crippen molar-refractivity contribution < 1.29 is 13.9 Å². The van der Waals surface area contributed by atoms with Crippen LogP contribution < -0.4 is 5.73 Å². The minimum atomic E-state index is -0.507. The summed E-state index contributed by atoms with van der Waals surface area (Å²) in [7, 11) is 0. The predicted octanol–water partition coefficient (Wildman–Crippen LogP) is 3.84. The Morgan fingerprint density at radius 3 is 2.85 bits per heavy atom. The van der Waals surface area contributed by atoms with Crippen LogP contribution in [0.5, 0.6) is 0 Å². The Balaban J connectivity index is 2.13. The molecule has 3 nitrogen and oxygen atoms in total. The van der Waals surface area contributed by atoms with E-state index < -0.39 is 5.97 Å². The smallest absolute Gasteiger partial charge is 0.339 e. The van der Waals surface area contributed by atoms with Gasteiger partial charge in [-0.25, -0.2) is 9.18 Å². The first kappa shape index (κ1) is 14.5. The number of nitrogen functional groups attached to an aromatic ring is 1. The highest BCUT2D eigenvalue weighted by Gasteiger charge is 2.13. The third-order valence-electron chi connectivity index (χ3n) is 2.92. The number of hydrogen-bond acceptors (Lipinski definition) is 3. The van der Waals surface area contributed by atoms with Gasteiger partial charge in [0.2, 0.25) is 0 Å². The maximum atomic E-state index is 13.1. The highest BCUT2D eigenvalue weighted by atomic mass is 79.9. The van der Waals surface area contributed by atoms with Crippen molar-refractivity contribution in [1.29, 1.82) is 0 Å². The number of aryl methyl sites for hydroxylation is 1. The van der Waals surface area contributed by atoms with Crippen molar-refractivity contribution in [2.75, 3.05) is 5.73 Å². The monoisotopic (exact) mass is 337 g/mol. The van der Waals surface area contributed by atoms with E-state index in [2.05, 4.69) is 15.9 Å². The SMILES string of the molecule is Cc1ccc(F)cc1COC(=O)c1cccc(N)c1Br. The lowest BCUT2D eigenvalue weighted by molar-refractivity contribution is 0.0470. The van der Waals surface area contributed by atoms with Crippen molar-refractivity contribution in [3.05, 3.63) is 63.4 Å². The molecule has 0 unspecified atom stereocenters. The molecule has 104 valence electrons. The number of rotatable bonds is 3. The highest BCUT2D eigenvalue weighted by Crippen LogP contribution is 2.24. The van der Waals surface area contributed by atoms with E-state index in [1.807, 2.05) is 6.92 Å². The van der Waals surface area contributed by atoms with Crippen molar-refractivity contribution in [2.45, 2.75) is 13.5 Å². The van der Waals surface area contributed by atoms with Gasteiger partial charge in [-0.15, -0.1) is 0 Å². The quantitative estimate of drug-likeness (QED) is 0.683. The van der Waals surface area contributed by atoms with Crippen LogP contribution in [0.4, 0.5) is 10.1 Å². The Morgan fingerprint density at radius 1 is 1.35 bits per heavy atom. The van der Waals surface area contributed by atoms with Gasteiger partial charge in [0, 0.05) is 5.69 Å². The van der Waals surface area contributed by atoms with Gasteiger partial charge in [0.05, 0.1) is 10.0 Å². The summed E-state index contributed by atoms with van der Waals surface area (Å²) in [6.45, 7) is 1.85. The lowest BCUT2D eigenvalue weighted by atomic mass is 10.1. The highest BCUT2D eigenvalue weighted by molar-refractivity contribution is 9.10. The Morgan fingerprint density at radius 2 is 2.10 bits per heavy atom. The zero-order valence-electron chi connectivity index (χ0n) is 10.8. The van der Waals surface area contributed by atoms with Crippen molar-refractivity contribution in [1.82, 2.24) is 0 Å². The third kappa shape index (κ3) is 3.17. The Bertz CT molecular complexity index is 658. The molecular weight excluding hydrogens is 325 g/mol. The maximum absolute atomic E-state index is 13.1. The Kier molecular flexibility index (Phi) is 4.39. The van der Waals surface area contributed by atoms with E-state index in [0.717, 1.165) is 5.56 Å². The number of esters is 1. The summed E-state index contributed by atoms with van der Waals surface area (Å²) in [6.07, 6.45) is 0. The topological polar surface area (TPSA) is 52.3 Å². The molecule has 0 aliphatic rings. The van der Waals surface area contributed by atoms with E-state index >= 15 is 0 Å². The number of carbonyl (C=O) groups excluding carboxylic acids is 1. The summed E-state index contributed by atoms with van der Waals surface area (Å²) in [6, 6.07) is 9.34. The zero-order valence-corrected chi connectivity index (χ0v) is 12.4. The fraction of sp³-hybridized carbons (Fsp3) is 0.133. The molecule has 0 amide bonds. The first-order valence-corrected chi connectivity index (χ1v) is 6.74. The average molecular weight is 338 g/mol. The number of anilines is 1. The lowest BCUT2D eigenvalue weighted by Gasteiger charge is -2.09. The summed E-state index contributed by atoms with van der Waals surface area (Å²) < 4.78 is 18.8. The van der Waals surface area contributed by atoms with Gasteiger partial charge in [-0.3, -0.25) is 0 Å². The van der Waals surface area contributed by atoms with Crippen molar-refractivity contribution in [3.63, 3.8) is 0 Å². The molecule has 0 saturated heterocycles. The van der Waals surface area contributed by atoms with Crippen LogP contribution in [-0.4, -0.2) is 5.97 Å². The standard InChI is InChI=1S/C15H13BrFNO2/c1-9-5-6-11(17)7-10(9)8-20-15(19)12-3-2-4-13(18)14(12)16/h2-7H,8,18H2,1H3. The van der Waals surface area contributed by atoms with E-state index in [0.29, 0.717) is 21.3 Å². The maximum Gasteiger partial charge on any atom is 0.339 e. The van der Waals surface area contributed by atoms with Crippen LogP contribution in [0, 0.1) is 12.7 Å². The second kappa shape index (κ2) is 6.05. The minimum absolute atomic E-state index is 0.0175. The third-order valence-corrected chi connectivity index (χ3v) is 3.80. The van der Waals surface area contributed by atoms with Crippen LogP contribution in [0.15, 0.2) is 40.9 Å². The summed E-state index contributed by atoms with van der Waals surface area (Å²) in [5, 5.41) is 0. The first-order valence-electron chi connectivity index (χ1n) is 5.95. The second-order valence-corrected chi connectivity index (χ2v) is 5.15. The van der Waals surface area contributed by atoms with Crippen LogP contribution in [0.2, 0.25) is 0 Å². The number of benzene rings is 2. The van der Waals surface area contributed by atoms with Crippen molar-refractivity contribution in [3.8, 4) is 0 Å². The Hall–Kier alpha value is -1.88. The second-order valence-electron chi connectivity index (χ2n) is 4.36. The first-order chi connectivity index (χ1) is 9.49. The number of hydrogen-bond donors (Lipinski definition) is 1. The van der Waals surface area contributed by atoms with Gasteiger partial charge in [0.1, 0.15) is 12.4 Å². The molecule has 0 aliphatic heterocycles. The lowest BCUT2D eigenvalue weighted by Crippen LogP contribution is -2.08. The average Bonchev–Trinajstić information content (AvgIpc) is 2.42. The van der Waals surface area contributed by atoms with Gasteiger partial charge in [-0.1, -0.05) is 12.1 Å². The van der Waals surface area contributed by atoms with Gasteiger partial charge in [-0.2, -0.15) is 0 Å². The molecule has 2 N–H and O–H groups in total. The predicted molar refractivity (Wildman–Crippen MR) is 78.8 cm³/mol. The van der Waals surface area contributed by atoms with Crippen LogP contribution in [0.3, 0.4) is 0 Å². The van der Waals surface area contributed by atoms with E-state index in [9.17, 15) is 9.18 Å². The molecule has 0 spiro atoms. The van der Waals surface area contributed by atoms with Gasteiger partial charge >= 0.3 is 5.97 Å². The molecule has 0 bridgehead atoms. The molecule has 20 heavy (non-hydrogen) atoms. The van der Waals surface area contributed by atoms with E-state index in [1.165, 1.54) is 12.1 Å². The molecular formula is C15H13BrFNO2. The zero-order chi connectivity index (χ0) is 14.7. The van der Waals surface area contributed by atoms with Crippen molar-refractivity contribution >= 4 is 27.6 Å². The fourth-order valence-electron chi connectivity index (χ4n) is 1.72. The van der Waals surface area contributed by atoms with Crippen LogP contribution in [0.1, 0.15) is 21.5 Å². The molecule has 2 aromatic carbocycles. The van der Waals surface area contributed by atoms with E-state index in [4.69, 9.17) is 10.5 Å². The van der Waals surface area contributed by atoms with Crippen LogP contribution in [-0.2, 0) is 11.3 Å². The molecule has 2 rings (SSSR count). The normalized spacial score (nSPS) is 10.3. The summed E-state index contributed by atoms with van der Waals surface area (Å²) in [5.74, 6) is -0.861. The van der Waals surface area contributed by atoms with Gasteiger partial charge in [0.15, 0.2) is 0 Å². The van der Waals surface area contributed by atoms with Gasteiger partial charge < -0.3 is 10.5 Å². The number of ether oxygens (including phenoxy) is 1. The summed E-state index contributed by atoms with van der Waals surface area (Å²) in [5.41, 5.74) is 8.02. The summed E-state index contributed by atoms with van der Waals surface area (Å²) in [4.78, 5) is 12.0. The number of halogens is 2. The van der Waals surface area contributed by atoms with Crippen LogP contribution in [0.25, 0.3) is 0 Å². The molecule has 0 aromatic heterocycles. The van der Waals surface area contributed by atoms with E-state index in [1.54, 1.807) is 24.3 Å². The summed E-state index contributed by atoms with van der Waals surface area (Å²) >= 11 is 3.25. The van der Waals surface area contributed by atoms with Gasteiger partial charge in [0.25, 0.3) is 0 Å². The van der Waals surface area contributed by atoms with E-state index in [-0.39, 0.29) is 12.4 Å². The largest absolute Gasteiger partial charge is 0.457 e. The number of nitrogens with two attached hydrogens (primary N) is 1. The Labute approximate surface area is 124 Å². The minimum Gasteiger partial charge on any atom is -0.457 e. The molecule has 0 radical (unpaired) electrons. The molecule has 0 saturated carbocycles.